The fourth-order valence-electron chi connectivity index (χ4n) is 3.31. The molecule has 0 atom stereocenters. The van der Waals surface area contributed by atoms with Gasteiger partial charge in [-0.15, -0.1) is 0 Å². The van der Waals surface area contributed by atoms with E-state index in [1.807, 2.05) is 26.0 Å². The molecule has 0 radical (unpaired) electrons. The van der Waals surface area contributed by atoms with Crippen molar-refractivity contribution in [1.82, 2.24) is 4.68 Å². The van der Waals surface area contributed by atoms with Gasteiger partial charge in [0.05, 0.1) is 28.6 Å². The third kappa shape index (κ3) is 3.75. The van der Waals surface area contributed by atoms with Crippen LogP contribution in [0, 0.1) is 24.0 Å². The van der Waals surface area contributed by atoms with E-state index in [1.165, 1.54) is 36.0 Å². The van der Waals surface area contributed by atoms with Gasteiger partial charge in [-0.05, 0) is 56.4 Å². The number of carbonyl (C=O) groups is 1. The molecule has 10 heteroatoms. The van der Waals surface area contributed by atoms with Gasteiger partial charge in [-0.25, -0.2) is 0 Å². The van der Waals surface area contributed by atoms with Gasteiger partial charge in [0.2, 0.25) is 0 Å². The molecule has 0 unspecified atom stereocenters. The third-order valence-electron chi connectivity index (χ3n) is 4.77. The number of thioether (sulfide) groups is 1. The number of furan rings is 1. The number of ether oxygens (including phenoxy) is 1. The lowest BCUT2D eigenvalue weighted by Crippen LogP contribution is -2.39. The zero-order valence-corrected chi connectivity index (χ0v) is 18.5. The highest BCUT2D eigenvalue weighted by atomic mass is 32.2. The highest BCUT2D eigenvalue weighted by Crippen LogP contribution is 2.36. The molecule has 158 valence electrons. The number of methoxy groups -OCH3 is 1. The Kier molecular flexibility index (Phi) is 5.42. The summed E-state index contributed by atoms with van der Waals surface area (Å²) < 4.78 is 13.4. The topological polar surface area (TPSA) is 90.8 Å². The zero-order valence-electron chi connectivity index (χ0n) is 16.8. The lowest BCUT2D eigenvalue weighted by Gasteiger charge is -2.20. The van der Waals surface area contributed by atoms with Crippen molar-refractivity contribution in [3.8, 4) is 17.1 Å². The summed E-state index contributed by atoms with van der Waals surface area (Å²) in [5.74, 6) is 1.01. The van der Waals surface area contributed by atoms with Crippen LogP contribution in [0.4, 0.5) is 5.69 Å². The number of benzene rings is 1. The average molecular weight is 456 g/mol. The highest BCUT2D eigenvalue weighted by Gasteiger charge is 2.35. The molecule has 8 nitrogen and oxygen atoms in total. The van der Waals surface area contributed by atoms with Gasteiger partial charge in [-0.2, -0.15) is 5.01 Å². The maximum Gasteiger partial charge on any atom is 0.285 e. The summed E-state index contributed by atoms with van der Waals surface area (Å²) in [5, 5.41) is 12.5. The van der Waals surface area contributed by atoms with Gasteiger partial charge in [0.15, 0.2) is 4.32 Å². The van der Waals surface area contributed by atoms with E-state index < -0.39 is 4.92 Å². The number of carbonyl (C=O) groups excluding carboxylic acids is 1. The van der Waals surface area contributed by atoms with Crippen molar-refractivity contribution in [2.24, 2.45) is 0 Å². The summed E-state index contributed by atoms with van der Waals surface area (Å²) in [6.45, 7) is 3.82. The number of amides is 1. The van der Waals surface area contributed by atoms with Gasteiger partial charge in [-0.3, -0.25) is 19.6 Å². The second-order valence-corrected chi connectivity index (χ2v) is 8.44. The first-order chi connectivity index (χ1) is 14.8. The van der Waals surface area contributed by atoms with Crippen LogP contribution in [0.5, 0.6) is 5.75 Å². The normalized spacial score (nSPS) is 15.2. The monoisotopic (exact) mass is 455 g/mol. The molecule has 1 fully saturated rings. The van der Waals surface area contributed by atoms with E-state index in [9.17, 15) is 14.9 Å². The summed E-state index contributed by atoms with van der Waals surface area (Å²) in [7, 11) is 1.43. The minimum atomic E-state index is -0.490. The number of aryl methyl sites for hydroxylation is 2. The maximum absolute atomic E-state index is 13.0. The van der Waals surface area contributed by atoms with Crippen LogP contribution in [-0.2, 0) is 4.79 Å². The fourth-order valence-corrected chi connectivity index (χ4v) is 4.53. The van der Waals surface area contributed by atoms with E-state index in [-0.39, 0.29) is 11.6 Å². The molecule has 0 bridgehead atoms. The highest BCUT2D eigenvalue weighted by molar-refractivity contribution is 8.27. The first-order valence-corrected chi connectivity index (χ1v) is 10.4. The van der Waals surface area contributed by atoms with Gasteiger partial charge in [0.1, 0.15) is 17.3 Å². The smallest absolute Gasteiger partial charge is 0.285 e. The SMILES string of the molecule is COc1cc([N+](=O)[O-])ccc1-c1ccc(/C=C2\SC(=S)N(n3c(C)ccc3C)C2=O)o1. The van der Waals surface area contributed by atoms with Crippen LogP contribution in [0.15, 0.2) is 51.8 Å². The van der Waals surface area contributed by atoms with Crippen LogP contribution in [0.25, 0.3) is 17.4 Å². The van der Waals surface area contributed by atoms with Crippen LogP contribution >= 0.6 is 24.0 Å². The van der Waals surface area contributed by atoms with Crippen molar-refractivity contribution in [3.63, 3.8) is 0 Å². The number of hydrogen-bond donors (Lipinski definition) is 0. The lowest BCUT2D eigenvalue weighted by atomic mass is 10.1. The van der Waals surface area contributed by atoms with Crippen molar-refractivity contribution in [1.29, 1.82) is 0 Å². The van der Waals surface area contributed by atoms with Gasteiger partial charge in [0, 0.05) is 23.5 Å². The second-order valence-electron chi connectivity index (χ2n) is 6.77. The molecule has 1 aliphatic heterocycles. The number of thiocarbonyl (C=S) groups is 1. The Hall–Kier alpha value is -3.37. The van der Waals surface area contributed by atoms with E-state index in [1.54, 1.807) is 29.0 Å². The summed E-state index contributed by atoms with van der Waals surface area (Å²) >= 11 is 6.63. The first-order valence-electron chi connectivity index (χ1n) is 9.16. The Balaban J connectivity index is 1.64. The summed E-state index contributed by atoms with van der Waals surface area (Å²) in [6.07, 6.45) is 1.63. The molecule has 3 heterocycles. The third-order valence-corrected chi connectivity index (χ3v) is 6.05. The molecule has 31 heavy (non-hydrogen) atoms. The number of rotatable bonds is 5. The molecule has 0 saturated carbocycles. The van der Waals surface area contributed by atoms with E-state index in [0.717, 1.165) is 11.4 Å². The number of aromatic nitrogens is 1. The van der Waals surface area contributed by atoms with Gasteiger partial charge >= 0.3 is 0 Å². The average Bonchev–Trinajstić information content (AvgIpc) is 3.41. The lowest BCUT2D eigenvalue weighted by molar-refractivity contribution is -0.384. The number of hydrogen-bond acceptors (Lipinski definition) is 7. The summed E-state index contributed by atoms with van der Waals surface area (Å²) in [6, 6.07) is 11.6. The number of nitrogens with zero attached hydrogens (tertiary/aromatic N) is 3. The summed E-state index contributed by atoms with van der Waals surface area (Å²) in [5.41, 5.74) is 2.30. The molecule has 2 aromatic heterocycles. The van der Waals surface area contributed by atoms with Crippen molar-refractivity contribution in [2.75, 3.05) is 12.1 Å². The minimum Gasteiger partial charge on any atom is -0.496 e. The predicted octanol–water partition coefficient (Wildman–Crippen LogP) is 4.82. The van der Waals surface area contributed by atoms with Crippen molar-refractivity contribution >= 4 is 46.0 Å². The molecule has 4 rings (SSSR count). The molecule has 1 aliphatic rings. The quantitative estimate of drug-likeness (QED) is 0.236. The molecular weight excluding hydrogens is 438 g/mol. The van der Waals surface area contributed by atoms with Gasteiger partial charge in [0.25, 0.3) is 11.6 Å². The number of nitro groups is 1. The van der Waals surface area contributed by atoms with Crippen LogP contribution in [-0.4, -0.2) is 26.9 Å². The standard InChI is InChI=1S/C21H17N3O5S2/c1-12-4-5-13(2)22(12)23-20(25)19(31-21(23)30)11-15-7-9-17(29-15)16-8-6-14(24(26)27)10-18(16)28-3/h4-11H,1-3H3/b19-11-. The number of nitro benzene ring substituents is 1. The molecule has 3 aromatic rings. The molecular formula is C21H17N3O5S2. The Morgan fingerprint density at radius 3 is 2.52 bits per heavy atom. The molecule has 1 saturated heterocycles. The van der Waals surface area contributed by atoms with E-state index in [2.05, 4.69) is 0 Å². The Bertz CT molecular complexity index is 1240. The van der Waals surface area contributed by atoms with E-state index in [4.69, 9.17) is 21.4 Å². The zero-order chi connectivity index (χ0) is 22.3. The minimum absolute atomic E-state index is 0.0772. The van der Waals surface area contributed by atoms with Gasteiger partial charge in [-0.1, -0.05) is 11.8 Å². The largest absolute Gasteiger partial charge is 0.496 e. The van der Waals surface area contributed by atoms with E-state index in [0.29, 0.717) is 32.1 Å². The Morgan fingerprint density at radius 2 is 1.87 bits per heavy atom. The van der Waals surface area contributed by atoms with Crippen molar-refractivity contribution in [2.45, 2.75) is 13.8 Å². The molecule has 0 spiro atoms. The van der Waals surface area contributed by atoms with Crippen LogP contribution in [0.3, 0.4) is 0 Å². The first kappa shape index (κ1) is 20.9. The van der Waals surface area contributed by atoms with E-state index >= 15 is 0 Å². The maximum atomic E-state index is 13.0. The predicted molar refractivity (Wildman–Crippen MR) is 123 cm³/mol. The van der Waals surface area contributed by atoms with Crippen molar-refractivity contribution < 1.29 is 18.9 Å². The summed E-state index contributed by atoms with van der Waals surface area (Å²) in [4.78, 5) is 23.9. The molecule has 0 N–H and O–H groups in total. The van der Waals surface area contributed by atoms with Crippen molar-refractivity contribution in [3.05, 3.63) is 74.6 Å². The Morgan fingerprint density at radius 1 is 1.16 bits per heavy atom. The fraction of sp³-hybridized carbons (Fsp3) is 0.143. The van der Waals surface area contributed by atoms with Crippen LogP contribution < -0.4 is 9.75 Å². The van der Waals surface area contributed by atoms with Gasteiger partial charge < -0.3 is 9.15 Å². The molecule has 0 aliphatic carbocycles. The molecule has 1 aromatic carbocycles. The Labute approximate surface area is 187 Å². The number of non-ortho nitro benzene ring substituents is 1. The van der Waals surface area contributed by atoms with Crippen LogP contribution in [0.2, 0.25) is 0 Å². The molecule has 1 amide bonds. The second kappa shape index (κ2) is 8.05. The van der Waals surface area contributed by atoms with Crippen LogP contribution in [0.1, 0.15) is 17.1 Å².